The monoisotopic (exact) mass is 426 g/mol. The van der Waals surface area contributed by atoms with Crippen LogP contribution in [0.1, 0.15) is 36.1 Å². The number of carbonyl (C=O) groups is 2. The van der Waals surface area contributed by atoms with Crippen molar-refractivity contribution in [2.45, 2.75) is 32.2 Å². The van der Waals surface area contributed by atoms with E-state index in [9.17, 15) is 14.0 Å². The van der Waals surface area contributed by atoms with Crippen molar-refractivity contribution in [1.29, 1.82) is 0 Å². The molecule has 2 N–H and O–H groups in total. The number of aliphatic carboxylic acids is 2. The Hall–Kier alpha value is -2.38. The maximum Gasteiger partial charge on any atom is 0.318 e. The van der Waals surface area contributed by atoms with Crippen LogP contribution in [0.5, 0.6) is 0 Å². The van der Waals surface area contributed by atoms with Gasteiger partial charge in [0.25, 0.3) is 0 Å². The number of fused-ring (bicyclic) bond motifs is 1. The molecule has 1 aromatic carbocycles. The summed E-state index contributed by atoms with van der Waals surface area (Å²) in [6.45, 7) is 0.281. The molecule has 0 fully saturated rings. The van der Waals surface area contributed by atoms with Crippen molar-refractivity contribution in [1.82, 2.24) is 9.78 Å². The van der Waals surface area contributed by atoms with Gasteiger partial charge in [0.15, 0.2) is 5.92 Å². The van der Waals surface area contributed by atoms with Gasteiger partial charge in [-0.3, -0.25) is 14.3 Å². The Morgan fingerprint density at radius 2 is 1.93 bits per heavy atom. The lowest BCUT2D eigenvalue weighted by molar-refractivity contribution is -0.154. The molecule has 0 aliphatic heterocycles. The number of carboxylic acid groups (broad SMARTS) is 2. The minimum absolute atomic E-state index is 0.281. The highest BCUT2D eigenvalue weighted by atomic mass is 35.5. The molecule has 0 unspecified atom stereocenters. The van der Waals surface area contributed by atoms with Crippen molar-refractivity contribution in [3.8, 4) is 0 Å². The Bertz CT molecular complexity index is 957. The van der Waals surface area contributed by atoms with Gasteiger partial charge >= 0.3 is 11.9 Å². The van der Waals surface area contributed by atoms with Crippen LogP contribution < -0.4 is 0 Å². The molecule has 3 rings (SSSR count). The van der Waals surface area contributed by atoms with Gasteiger partial charge in [0.2, 0.25) is 0 Å². The predicted molar refractivity (Wildman–Crippen MR) is 102 cm³/mol. The highest BCUT2D eigenvalue weighted by Gasteiger charge is 2.30. The first-order chi connectivity index (χ1) is 13.3. The lowest BCUT2D eigenvalue weighted by Gasteiger charge is -2.20. The summed E-state index contributed by atoms with van der Waals surface area (Å²) in [5.74, 6) is -5.71. The van der Waals surface area contributed by atoms with Crippen molar-refractivity contribution in [2.75, 3.05) is 0 Å². The van der Waals surface area contributed by atoms with Crippen LogP contribution in [0.3, 0.4) is 0 Å². The summed E-state index contributed by atoms with van der Waals surface area (Å²) in [7, 11) is 0. The van der Waals surface area contributed by atoms with E-state index in [0.717, 1.165) is 11.1 Å². The zero-order chi connectivity index (χ0) is 20.4. The van der Waals surface area contributed by atoms with E-state index < -0.39 is 30.1 Å². The van der Waals surface area contributed by atoms with Crippen LogP contribution in [-0.4, -0.2) is 31.9 Å². The van der Waals surface area contributed by atoms with E-state index in [1.54, 1.807) is 29.1 Å². The zero-order valence-electron chi connectivity index (χ0n) is 14.7. The average Bonchev–Trinajstić information content (AvgIpc) is 3.04. The number of carboxylic acids is 2. The molecule has 0 amide bonds. The van der Waals surface area contributed by atoms with Gasteiger partial charge < -0.3 is 10.2 Å². The zero-order valence-corrected chi connectivity index (χ0v) is 16.2. The Morgan fingerprint density at radius 3 is 2.57 bits per heavy atom. The Kier molecular flexibility index (Phi) is 6.05. The first-order valence-electron chi connectivity index (χ1n) is 8.60. The Labute approximate surface area is 170 Å². The van der Waals surface area contributed by atoms with Gasteiger partial charge in [0.1, 0.15) is 5.83 Å². The largest absolute Gasteiger partial charge is 0.481 e. The van der Waals surface area contributed by atoms with Crippen LogP contribution >= 0.6 is 23.2 Å². The number of aromatic nitrogens is 2. The third-order valence-electron chi connectivity index (χ3n) is 4.72. The molecular weight excluding hydrogens is 410 g/mol. The molecule has 9 heteroatoms. The maximum atomic E-state index is 14.9. The molecule has 0 bridgehead atoms. The minimum Gasteiger partial charge on any atom is -0.481 e. The van der Waals surface area contributed by atoms with E-state index in [-0.39, 0.29) is 6.54 Å². The maximum absolute atomic E-state index is 14.9. The second kappa shape index (κ2) is 8.32. The number of hydrogen-bond donors (Lipinski definition) is 2. The predicted octanol–water partition coefficient (Wildman–Crippen LogP) is 4.43. The molecule has 1 aromatic heterocycles. The molecule has 2 aromatic rings. The number of benzene rings is 1. The van der Waals surface area contributed by atoms with Crippen LogP contribution in [0.25, 0.3) is 5.57 Å². The van der Waals surface area contributed by atoms with Gasteiger partial charge in [-0.25, -0.2) is 4.39 Å². The van der Waals surface area contributed by atoms with E-state index in [4.69, 9.17) is 33.4 Å². The number of allylic oxidation sites excluding steroid dienone is 2. The molecule has 0 radical (unpaired) electrons. The summed E-state index contributed by atoms with van der Waals surface area (Å²) in [5, 5.41) is 23.4. The summed E-state index contributed by atoms with van der Waals surface area (Å²) in [5.41, 5.74) is 2.44. The van der Waals surface area contributed by atoms with Gasteiger partial charge in [-0.2, -0.15) is 5.10 Å². The molecule has 0 saturated carbocycles. The molecule has 1 heterocycles. The molecule has 0 saturated heterocycles. The van der Waals surface area contributed by atoms with Crippen LogP contribution in [-0.2, 0) is 22.6 Å². The van der Waals surface area contributed by atoms with Crippen LogP contribution in [0.2, 0.25) is 10.0 Å². The normalized spacial score (nSPS) is 15.4. The standard InChI is InChI=1S/C19H17Cl2FN2O4/c20-12-5-4-11(15(21)6-12)9-24-17-10(8-23-24)2-1-3-13(17)16(22)7-14(18(25)26)19(27)28/h4-6,8,14H,1-3,7,9H2,(H,25,26)(H,27,28). The van der Waals surface area contributed by atoms with E-state index in [2.05, 4.69) is 5.10 Å². The summed E-state index contributed by atoms with van der Waals surface area (Å²) in [6, 6.07) is 5.06. The molecule has 28 heavy (non-hydrogen) atoms. The third kappa shape index (κ3) is 4.20. The van der Waals surface area contributed by atoms with Crippen LogP contribution in [0, 0.1) is 5.92 Å². The van der Waals surface area contributed by atoms with Crippen LogP contribution in [0.15, 0.2) is 30.2 Å². The second-order valence-corrected chi connectivity index (χ2v) is 7.43. The molecule has 0 spiro atoms. The Balaban J connectivity index is 1.98. The molecule has 1 aliphatic rings. The van der Waals surface area contributed by atoms with Crippen molar-refractivity contribution in [2.24, 2.45) is 5.92 Å². The first kappa shape index (κ1) is 20.4. The van der Waals surface area contributed by atoms with Gasteiger partial charge in [0.05, 0.1) is 18.4 Å². The fourth-order valence-corrected chi connectivity index (χ4v) is 3.78. The van der Waals surface area contributed by atoms with Crippen molar-refractivity contribution < 1.29 is 24.2 Å². The third-order valence-corrected chi connectivity index (χ3v) is 5.30. The summed E-state index contributed by atoms with van der Waals surface area (Å²) >= 11 is 12.1. The molecule has 1 aliphatic carbocycles. The average molecular weight is 427 g/mol. The number of nitrogens with zero attached hydrogens (tertiary/aromatic N) is 2. The van der Waals surface area contributed by atoms with Crippen molar-refractivity contribution >= 4 is 40.7 Å². The van der Waals surface area contributed by atoms with Gasteiger partial charge in [-0.1, -0.05) is 29.3 Å². The number of halogens is 3. The van der Waals surface area contributed by atoms with Gasteiger partial charge in [-0.15, -0.1) is 0 Å². The van der Waals surface area contributed by atoms with Crippen molar-refractivity contribution in [3.63, 3.8) is 0 Å². The number of aryl methyl sites for hydroxylation is 1. The fourth-order valence-electron chi connectivity index (χ4n) is 3.31. The summed E-state index contributed by atoms with van der Waals surface area (Å²) in [6.07, 6.45) is 2.71. The quantitative estimate of drug-likeness (QED) is 0.666. The minimum atomic E-state index is -1.83. The SMILES string of the molecule is O=C(O)C(CC(F)=C1CCCc2cnn(Cc3ccc(Cl)cc3Cl)c21)C(=O)O. The Morgan fingerprint density at radius 1 is 1.21 bits per heavy atom. The van der Waals surface area contributed by atoms with Gasteiger partial charge in [0, 0.05) is 22.0 Å². The lowest BCUT2D eigenvalue weighted by Crippen LogP contribution is -2.24. The molecule has 6 nitrogen and oxygen atoms in total. The van der Waals surface area contributed by atoms with Crippen molar-refractivity contribution in [3.05, 3.63) is 57.1 Å². The first-order valence-corrected chi connectivity index (χ1v) is 9.35. The summed E-state index contributed by atoms with van der Waals surface area (Å²) < 4.78 is 16.5. The molecular formula is C19H17Cl2FN2O4. The molecule has 148 valence electrons. The smallest absolute Gasteiger partial charge is 0.318 e. The van der Waals surface area contributed by atoms with E-state index in [1.807, 2.05) is 0 Å². The highest BCUT2D eigenvalue weighted by Crippen LogP contribution is 2.36. The summed E-state index contributed by atoms with van der Waals surface area (Å²) in [4.78, 5) is 22.2. The fraction of sp³-hybridized carbons (Fsp3) is 0.316. The number of rotatable bonds is 6. The number of hydrogen-bond acceptors (Lipinski definition) is 3. The highest BCUT2D eigenvalue weighted by molar-refractivity contribution is 6.35. The van der Waals surface area contributed by atoms with E-state index >= 15 is 0 Å². The second-order valence-electron chi connectivity index (χ2n) is 6.58. The van der Waals surface area contributed by atoms with Gasteiger partial charge in [-0.05, 0) is 42.5 Å². The lowest BCUT2D eigenvalue weighted by atomic mass is 9.90. The van der Waals surface area contributed by atoms with E-state index in [1.165, 1.54) is 0 Å². The molecule has 0 atom stereocenters. The topological polar surface area (TPSA) is 92.4 Å². The van der Waals surface area contributed by atoms with E-state index in [0.29, 0.717) is 40.6 Å². The van der Waals surface area contributed by atoms with Crippen LogP contribution in [0.4, 0.5) is 4.39 Å².